The lowest BCUT2D eigenvalue weighted by molar-refractivity contribution is -0.128. The largest absolute Gasteiger partial charge is 0.389 e. The Balaban J connectivity index is 2.17. The molecular formula is C19H29FN4O3. The van der Waals surface area contributed by atoms with Gasteiger partial charge in [0, 0.05) is 40.2 Å². The summed E-state index contributed by atoms with van der Waals surface area (Å²) in [6.07, 6.45) is 0.795. The van der Waals surface area contributed by atoms with Crippen LogP contribution in [0.2, 0.25) is 0 Å². The van der Waals surface area contributed by atoms with Gasteiger partial charge in [0.1, 0.15) is 5.82 Å². The van der Waals surface area contributed by atoms with Gasteiger partial charge in [0.15, 0.2) is 0 Å². The smallest absolute Gasteiger partial charge is 0.321 e. The fraction of sp³-hybridized carbons (Fsp3) is 0.579. The second-order valence-corrected chi connectivity index (χ2v) is 7.61. The molecule has 2 rings (SSSR count). The fourth-order valence-corrected chi connectivity index (χ4v) is 3.22. The first-order chi connectivity index (χ1) is 12.6. The number of benzene rings is 1. The van der Waals surface area contributed by atoms with E-state index in [0.29, 0.717) is 37.6 Å². The van der Waals surface area contributed by atoms with Crippen LogP contribution in [0.5, 0.6) is 0 Å². The van der Waals surface area contributed by atoms with E-state index in [2.05, 4.69) is 5.32 Å². The summed E-state index contributed by atoms with van der Waals surface area (Å²) >= 11 is 0. The number of anilines is 2. The molecule has 0 saturated carbocycles. The second kappa shape index (κ2) is 8.56. The molecule has 0 spiro atoms. The standard InChI is InChI=1S/C19H29FN4O3/c1-14(25)23-8-5-9-24(11-10-23)17-7-6-15(20)12-16(17)21-18(26)22(4)13-19(2,3)27/h6-7,12,27H,5,8-11,13H2,1-4H3,(H,21,26). The molecule has 8 heteroatoms. The molecule has 0 atom stereocenters. The maximum atomic E-state index is 13.8. The molecule has 150 valence electrons. The van der Waals surface area contributed by atoms with Crippen LogP contribution >= 0.6 is 0 Å². The number of halogens is 1. The zero-order chi connectivity index (χ0) is 20.2. The van der Waals surface area contributed by atoms with E-state index < -0.39 is 17.4 Å². The molecule has 1 aromatic rings. The molecule has 1 fully saturated rings. The van der Waals surface area contributed by atoms with E-state index in [0.717, 1.165) is 6.42 Å². The number of likely N-dealkylation sites (N-methyl/N-ethyl adjacent to an activating group) is 1. The van der Waals surface area contributed by atoms with E-state index in [-0.39, 0.29) is 12.5 Å². The third-order valence-corrected chi connectivity index (χ3v) is 4.45. The third-order valence-electron chi connectivity index (χ3n) is 4.45. The van der Waals surface area contributed by atoms with Gasteiger partial charge in [-0.05, 0) is 38.5 Å². The van der Waals surface area contributed by atoms with E-state index in [4.69, 9.17) is 0 Å². The zero-order valence-electron chi connectivity index (χ0n) is 16.5. The molecule has 0 bridgehead atoms. The van der Waals surface area contributed by atoms with Crippen molar-refractivity contribution in [2.45, 2.75) is 32.8 Å². The highest BCUT2D eigenvalue weighted by molar-refractivity contribution is 5.93. The van der Waals surface area contributed by atoms with Gasteiger partial charge >= 0.3 is 6.03 Å². The van der Waals surface area contributed by atoms with Crippen molar-refractivity contribution in [2.75, 3.05) is 50.0 Å². The second-order valence-electron chi connectivity index (χ2n) is 7.61. The number of carbonyl (C=O) groups is 2. The lowest BCUT2D eigenvalue weighted by Gasteiger charge is -2.28. The van der Waals surface area contributed by atoms with E-state index in [9.17, 15) is 19.1 Å². The zero-order valence-corrected chi connectivity index (χ0v) is 16.5. The van der Waals surface area contributed by atoms with E-state index in [1.807, 2.05) is 4.90 Å². The van der Waals surface area contributed by atoms with Crippen LogP contribution < -0.4 is 10.2 Å². The number of nitrogens with one attached hydrogen (secondary N) is 1. The Kier molecular flexibility index (Phi) is 6.64. The molecule has 0 unspecified atom stereocenters. The maximum Gasteiger partial charge on any atom is 0.321 e. The fourth-order valence-electron chi connectivity index (χ4n) is 3.22. The Morgan fingerprint density at radius 3 is 2.59 bits per heavy atom. The molecule has 1 saturated heterocycles. The van der Waals surface area contributed by atoms with E-state index in [1.54, 1.807) is 38.8 Å². The van der Waals surface area contributed by atoms with Crippen LogP contribution in [-0.4, -0.2) is 72.2 Å². The summed E-state index contributed by atoms with van der Waals surface area (Å²) in [4.78, 5) is 29.3. The summed E-state index contributed by atoms with van der Waals surface area (Å²) in [6, 6.07) is 3.87. The lowest BCUT2D eigenvalue weighted by Crippen LogP contribution is -2.42. The molecular weight excluding hydrogens is 351 g/mol. The minimum atomic E-state index is -1.03. The van der Waals surface area contributed by atoms with Crippen LogP contribution in [0, 0.1) is 5.82 Å². The number of aliphatic hydroxyl groups is 1. The average Bonchev–Trinajstić information content (AvgIpc) is 2.79. The maximum absolute atomic E-state index is 13.8. The van der Waals surface area contributed by atoms with Crippen molar-refractivity contribution in [2.24, 2.45) is 0 Å². The molecule has 7 nitrogen and oxygen atoms in total. The molecule has 1 aromatic carbocycles. The summed E-state index contributed by atoms with van der Waals surface area (Å²) in [5.41, 5.74) is 0.0586. The van der Waals surface area contributed by atoms with Crippen molar-refractivity contribution in [1.29, 1.82) is 0 Å². The Morgan fingerprint density at radius 2 is 1.96 bits per heavy atom. The summed E-state index contributed by atoms with van der Waals surface area (Å²) in [5.74, 6) is -0.405. The highest BCUT2D eigenvalue weighted by atomic mass is 19.1. The normalized spacial score (nSPS) is 15.3. The predicted octanol–water partition coefficient (Wildman–Crippen LogP) is 2.12. The predicted molar refractivity (Wildman–Crippen MR) is 103 cm³/mol. The van der Waals surface area contributed by atoms with Gasteiger partial charge in [-0.25, -0.2) is 9.18 Å². The van der Waals surface area contributed by atoms with Gasteiger partial charge in [-0.2, -0.15) is 0 Å². The number of nitrogens with zero attached hydrogens (tertiary/aromatic N) is 3. The quantitative estimate of drug-likeness (QED) is 0.839. The highest BCUT2D eigenvalue weighted by Gasteiger charge is 2.22. The van der Waals surface area contributed by atoms with Crippen molar-refractivity contribution >= 4 is 23.3 Å². The molecule has 1 aliphatic rings. The molecule has 27 heavy (non-hydrogen) atoms. The first kappa shape index (κ1) is 21.0. The molecule has 0 aliphatic carbocycles. The van der Waals surface area contributed by atoms with Crippen molar-refractivity contribution in [3.8, 4) is 0 Å². The molecule has 0 radical (unpaired) electrons. The van der Waals surface area contributed by atoms with Gasteiger partial charge in [-0.1, -0.05) is 0 Å². The SMILES string of the molecule is CC(=O)N1CCCN(c2ccc(F)cc2NC(=O)N(C)CC(C)(C)O)CC1. The average molecular weight is 380 g/mol. The van der Waals surface area contributed by atoms with Gasteiger partial charge in [0.25, 0.3) is 0 Å². The first-order valence-corrected chi connectivity index (χ1v) is 9.11. The number of rotatable bonds is 4. The van der Waals surface area contributed by atoms with Crippen molar-refractivity contribution in [3.63, 3.8) is 0 Å². The Morgan fingerprint density at radius 1 is 1.26 bits per heavy atom. The Labute approximate surface area is 159 Å². The van der Waals surface area contributed by atoms with Crippen molar-refractivity contribution in [3.05, 3.63) is 24.0 Å². The Bertz CT molecular complexity index is 690. The van der Waals surface area contributed by atoms with E-state index >= 15 is 0 Å². The molecule has 1 heterocycles. The molecule has 0 aromatic heterocycles. The van der Waals surface area contributed by atoms with Crippen LogP contribution in [0.25, 0.3) is 0 Å². The summed E-state index contributed by atoms with van der Waals surface area (Å²) in [6.45, 7) is 7.50. The van der Waals surface area contributed by atoms with Crippen LogP contribution in [0.15, 0.2) is 18.2 Å². The van der Waals surface area contributed by atoms with Gasteiger partial charge in [-0.3, -0.25) is 4.79 Å². The van der Waals surface area contributed by atoms with Gasteiger partial charge in [0.05, 0.1) is 23.5 Å². The van der Waals surface area contributed by atoms with Crippen LogP contribution in [-0.2, 0) is 4.79 Å². The number of hydrogen-bond acceptors (Lipinski definition) is 4. The lowest BCUT2D eigenvalue weighted by atomic mass is 10.1. The van der Waals surface area contributed by atoms with Crippen LogP contribution in [0.4, 0.5) is 20.6 Å². The third kappa shape index (κ3) is 6.09. The minimum Gasteiger partial charge on any atom is -0.389 e. The molecule has 2 N–H and O–H groups in total. The van der Waals surface area contributed by atoms with Crippen LogP contribution in [0.3, 0.4) is 0 Å². The van der Waals surface area contributed by atoms with Gasteiger partial charge in [-0.15, -0.1) is 0 Å². The summed E-state index contributed by atoms with van der Waals surface area (Å²) in [7, 11) is 1.57. The highest BCUT2D eigenvalue weighted by Crippen LogP contribution is 2.28. The van der Waals surface area contributed by atoms with Crippen LogP contribution in [0.1, 0.15) is 27.2 Å². The number of urea groups is 1. The number of hydrogen-bond donors (Lipinski definition) is 2. The van der Waals surface area contributed by atoms with Gasteiger partial charge < -0.3 is 25.1 Å². The van der Waals surface area contributed by atoms with Crippen molar-refractivity contribution < 1.29 is 19.1 Å². The monoisotopic (exact) mass is 380 g/mol. The number of amides is 3. The Hall–Kier alpha value is -2.35. The minimum absolute atomic E-state index is 0.0396. The molecule has 3 amide bonds. The van der Waals surface area contributed by atoms with Gasteiger partial charge in [0.2, 0.25) is 5.91 Å². The number of carbonyl (C=O) groups excluding carboxylic acids is 2. The summed E-state index contributed by atoms with van der Waals surface area (Å²) in [5, 5.41) is 12.6. The summed E-state index contributed by atoms with van der Waals surface area (Å²) < 4.78 is 13.8. The van der Waals surface area contributed by atoms with E-state index in [1.165, 1.54) is 17.0 Å². The topological polar surface area (TPSA) is 76.1 Å². The first-order valence-electron chi connectivity index (χ1n) is 9.11. The van der Waals surface area contributed by atoms with Crippen molar-refractivity contribution in [1.82, 2.24) is 9.80 Å². The molecule has 1 aliphatic heterocycles.